The zero-order valence-corrected chi connectivity index (χ0v) is 14.7. The van der Waals surface area contributed by atoms with E-state index < -0.39 is 5.54 Å². The van der Waals surface area contributed by atoms with E-state index >= 15 is 0 Å². The third-order valence-corrected chi connectivity index (χ3v) is 5.14. The molecule has 2 aliphatic heterocycles. The molecule has 134 valence electrons. The zero-order chi connectivity index (χ0) is 17.3. The summed E-state index contributed by atoms with van der Waals surface area (Å²) in [5.74, 6) is -0.163. The molecule has 1 aromatic rings. The molecule has 0 aliphatic carbocycles. The first-order valence-corrected chi connectivity index (χ1v) is 8.68. The lowest BCUT2D eigenvalue weighted by Gasteiger charge is -2.37. The predicted octanol–water partition coefficient (Wildman–Crippen LogP) is 1.10. The minimum absolute atomic E-state index is 0.0442. The molecular formula is C17H27N3O4. The van der Waals surface area contributed by atoms with Crippen molar-refractivity contribution >= 4 is 5.91 Å². The van der Waals surface area contributed by atoms with Gasteiger partial charge in [0, 0.05) is 44.4 Å². The molecule has 2 N–H and O–H groups in total. The highest BCUT2D eigenvalue weighted by atomic mass is 16.5. The molecule has 0 unspecified atom stereocenters. The van der Waals surface area contributed by atoms with Gasteiger partial charge in [-0.25, -0.2) is 0 Å². The Morgan fingerprint density at radius 3 is 2.79 bits per heavy atom. The van der Waals surface area contributed by atoms with Gasteiger partial charge >= 0.3 is 0 Å². The maximum atomic E-state index is 12.9. The lowest BCUT2D eigenvalue weighted by atomic mass is 9.86. The van der Waals surface area contributed by atoms with E-state index in [0.29, 0.717) is 44.6 Å². The van der Waals surface area contributed by atoms with Crippen LogP contribution < -0.4 is 5.32 Å². The number of nitrogens with one attached hydrogen (secondary N) is 1. The fourth-order valence-corrected chi connectivity index (χ4v) is 3.94. The molecule has 3 rings (SSSR count). The number of aryl methyl sites for hydroxylation is 1. The third kappa shape index (κ3) is 3.20. The van der Waals surface area contributed by atoms with Gasteiger partial charge in [-0.05, 0) is 33.1 Å². The molecule has 2 aliphatic rings. The summed E-state index contributed by atoms with van der Waals surface area (Å²) in [4.78, 5) is 12.9. The molecule has 7 nitrogen and oxygen atoms in total. The van der Waals surface area contributed by atoms with E-state index in [0.717, 1.165) is 11.3 Å². The number of rotatable bonds is 4. The Kier molecular flexibility index (Phi) is 4.94. The standard InChI is InChI=1S/C17H27N3O4/c1-11-10-13-14(19-20(3)15(13)12(2)24-11)16(22)18-17(4-7-21)5-8-23-9-6-17/h11-12,21H,4-10H2,1-3H3,(H,18,22)/t11-,12+/m1/s1. The van der Waals surface area contributed by atoms with Gasteiger partial charge in [0.1, 0.15) is 0 Å². The molecule has 1 fully saturated rings. The molecular weight excluding hydrogens is 310 g/mol. The van der Waals surface area contributed by atoms with Crippen molar-refractivity contribution in [3.05, 3.63) is 17.0 Å². The van der Waals surface area contributed by atoms with Crippen LogP contribution in [0.25, 0.3) is 0 Å². The average Bonchev–Trinajstić information content (AvgIpc) is 2.85. The molecule has 0 aromatic carbocycles. The zero-order valence-electron chi connectivity index (χ0n) is 14.7. The summed E-state index contributed by atoms with van der Waals surface area (Å²) in [5.41, 5.74) is 2.03. The maximum Gasteiger partial charge on any atom is 0.272 e. The number of carbonyl (C=O) groups excluding carboxylic acids is 1. The third-order valence-electron chi connectivity index (χ3n) is 5.14. The summed E-state index contributed by atoms with van der Waals surface area (Å²) >= 11 is 0. The molecule has 7 heteroatoms. The van der Waals surface area contributed by atoms with E-state index in [4.69, 9.17) is 9.47 Å². The molecule has 24 heavy (non-hydrogen) atoms. The van der Waals surface area contributed by atoms with E-state index in [2.05, 4.69) is 10.4 Å². The van der Waals surface area contributed by atoms with Crippen LogP contribution in [0.5, 0.6) is 0 Å². The van der Waals surface area contributed by atoms with Crippen LogP contribution in [0.1, 0.15) is 61.0 Å². The Morgan fingerprint density at radius 2 is 2.12 bits per heavy atom. The van der Waals surface area contributed by atoms with Gasteiger partial charge < -0.3 is 19.9 Å². The maximum absolute atomic E-state index is 12.9. The van der Waals surface area contributed by atoms with E-state index in [9.17, 15) is 9.90 Å². The van der Waals surface area contributed by atoms with Crippen LogP contribution >= 0.6 is 0 Å². The first-order chi connectivity index (χ1) is 11.5. The van der Waals surface area contributed by atoms with Crippen molar-refractivity contribution in [2.24, 2.45) is 7.05 Å². The quantitative estimate of drug-likeness (QED) is 0.859. The van der Waals surface area contributed by atoms with Crippen LogP contribution in [0.4, 0.5) is 0 Å². The molecule has 2 atom stereocenters. The van der Waals surface area contributed by atoms with Gasteiger partial charge in [-0.3, -0.25) is 9.48 Å². The van der Waals surface area contributed by atoms with Crippen LogP contribution in [0.15, 0.2) is 0 Å². The molecule has 3 heterocycles. The largest absolute Gasteiger partial charge is 0.396 e. The number of fused-ring (bicyclic) bond motifs is 1. The second kappa shape index (κ2) is 6.82. The highest BCUT2D eigenvalue weighted by Gasteiger charge is 2.37. The molecule has 0 bridgehead atoms. The normalized spacial score (nSPS) is 26.0. The van der Waals surface area contributed by atoms with E-state index in [1.54, 1.807) is 4.68 Å². The summed E-state index contributed by atoms with van der Waals surface area (Å²) in [6.45, 7) is 5.25. The number of aromatic nitrogens is 2. The van der Waals surface area contributed by atoms with Gasteiger partial charge in [-0.2, -0.15) is 5.10 Å². The van der Waals surface area contributed by atoms with Crippen LogP contribution in [0.3, 0.4) is 0 Å². The first kappa shape index (κ1) is 17.4. The van der Waals surface area contributed by atoms with Gasteiger partial charge in [0.25, 0.3) is 5.91 Å². The van der Waals surface area contributed by atoms with Gasteiger partial charge in [-0.15, -0.1) is 0 Å². The summed E-state index contributed by atoms with van der Waals surface area (Å²) < 4.78 is 13.0. The fourth-order valence-electron chi connectivity index (χ4n) is 3.94. The van der Waals surface area contributed by atoms with Crippen LogP contribution in [0.2, 0.25) is 0 Å². The highest BCUT2D eigenvalue weighted by Crippen LogP contribution is 2.32. The number of amides is 1. The van der Waals surface area contributed by atoms with Gasteiger partial charge in [0.15, 0.2) is 5.69 Å². The SMILES string of the molecule is C[C@@H]1Cc2c(C(=O)NC3(CCO)CCOCC3)nn(C)c2[C@H](C)O1. The number of carbonyl (C=O) groups is 1. The minimum Gasteiger partial charge on any atom is -0.396 e. The number of aliphatic hydroxyl groups is 1. The van der Waals surface area contributed by atoms with Crippen molar-refractivity contribution in [1.29, 1.82) is 0 Å². The lowest BCUT2D eigenvalue weighted by molar-refractivity contribution is -0.00905. The Hall–Kier alpha value is -1.44. The van der Waals surface area contributed by atoms with Gasteiger partial charge in [0.2, 0.25) is 0 Å². The molecule has 1 amide bonds. The summed E-state index contributed by atoms with van der Waals surface area (Å²) in [5, 5.41) is 17.0. The smallest absolute Gasteiger partial charge is 0.272 e. The minimum atomic E-state index is -0.406. The monoisotopic (exact) mass is 337 g/mol. The fraction of sp³-hybridized carbons (Fsp3) is 0.765. The topological polar surface area (TPSA) is 85.6 Å². The summed E-state index contributed by atoms with van der Waals surface area (Å²) in [7, 11) is 1.85. The molecule has 1 aromatic heterocycles. The van der Waals surface area contributed by atoms with E-state index in [1.807, 2.05) is 20.9 Å². The Morgan fingerprint density at radius 1 is 1.42 bits per heavy atom. The highest BCUT2D eigenvalue weighted by molar-refractivity contribution is 5.94. The summed E-state index contributed by atoms with van der Waals surface area (Å²) in [6.07, 6.45) is 2.64. The van der Waals surface area contributed by atoms with Crippen molar-refractivity contribution < 1.29 is 19.4 Å². The molecule has 0 radical (unpaired) electrons. The summed E-state index contributed by atoms with van der Waals surface area (Å²) in [6, 6.07) is 0. The van der Waals surface area contributed by atoms with Crippen molar-refractivity contribution in [1.82, 2.24) is 15.1 Å². The average molecular weight is 337 g/mol. The lowest BCUT2D eigenvalue weighted by Crippen LogP contribution is -2.52. The number of aliphatic hydroxyl groups excluding tert-OH is 1. The Balaban J connectivity index is 1.86. The molecule has 0 saturated carbocycles. The van der Waals surface area contributed by atoms with Crippen LogP contribution in [0, 0.1) is 0 Å². The van der Waals surface area contributed by atoms with Crippen LogP contribution in [-0.4, -0.2) is 52.3 Å². The first-order valence-electron chi connectivity index (χ1n) is 8.68. The van der Waals surface area contributed by atoms with Crippen molar-refractivity contribution in [2.75, 3.05) is 19.8 Å². The number of hydrogen-bond donors (Lipinski definition) is 2. The Bertz CT molecular complexity index is 602. The van der Waals surface area contributed by atoms with E-state index in [-0.39, 0.29) is 24.7 Å². The van der Waals surface area contributed by atoms with Crippen molar-refractivity contribution in [2.45, 2.75) is 57.3 Å². The van der Waals surface area contributed by atoms with Crippen molar-refractivity contribution in [3.8, 4) is 0 Å². The predicted molar refractivity (Wildman–Crippen MR) is 87.8 cm³/mol. The molecule has 0 spiro atoms. The Labute approximate surface area is 142 Å². The van der Waals surface area contributed by atoms with Gasteiger partial charge in [0.05, 0.1) is 17.9 Å². The number of nitrogens with zero attached hydrogens (tertiary/aromatic N) is 2. The van der Waals surface area contributed by atoms with Crippen molar-refractivity contribution in [3.63, 3.8) is 0 Å². The molecule has 1 saturated heterocycles. The van der Waals surface area contributed by atoms with Crippen LogP contribution in [-0.2, 0) is 22.9 Å². The second-order valence-corrected chi connectivity index (χ2v) is 6.95. The number of hydrogen-bond acceptors (Lipinski definition) is 5. The van der Waals surface area contributed by atoms with Gasteiger partial charge in [-0.1, -0.05) is 0 Å². The number of ether oxygens (including phenoxy) is 2. The second-order valence-electron chi connectivity index (χ2n) is 6.95. The van der Waals surface area contributed by atoms with E-state index in [1.165, 1.54) is 0 Å².